The third kappa shape index (κ3) is 5.80. The molecular weight excluding hydrogens is 546 g/mol. The molecule has 0 N–H and O–H groups in total. The van der Waals surface area contributed by atoms with E-state index in [2.05, 4.69) is 28.0 Å². The molecule has 196 valence electrons. The van der Waals surface area contributed by atoms with Gasteiger partial charge in [0, 0.05) is 16.0 Å². The van der Waals surface area contributed by atoms with Crippen molar-refractivity contribution in [2.24, 2.45) is 5.10 Å². The van der Waals surface area contributed by atoms with E-state index < -0.39 is 0 Å². The summed E-state index contributed by atoms with van der Waals surface area (Å²) >= 11 is 3.46. The summed E-state index contributed by atoms with van der Waals surface area (Å²) in [6.45, 7) is 2.48. The maximum Gasteiger partial charge on any atom is 0.338 e. The normalized spacial score (nSPS) is 14.4. The van der Waals surface area contributed by atoms with Gasteiger partial charge in [-0.2, -0.15) is 9.78 Å². The number of benzene rings is 2. The number of carbonyl (C=O) groups is 1. The molecular formula is C30H30BrN3O4. The fourth-order valence-corrected chi connectivity index (χ4v) is 5.12. The van der Waals surface area contributed by atoms with Crippen LogP contribution in [0.25, 0.3) is 22.2 Å². The molecule has 8 heteroatoms. The Hall–Kier alpha value is -3.52. The smallest absolute Gasteiger partial charge is 0.338 e. The topological polar surface area (TPSA) is 86.7 Å². The summed E-state index contributed by atoms with van der Waals surface area (Å²) < 4.78 is 13.5. The van der Waals surface area contributed by atoms with Gasteiger partial charge in [-0.25, -0.2) is 9.78 Å². The van der Waals surface area contributed by atoms with Crippen LogP contribution >= 0.6 is 15.9 Å². The molecule has 1 aliphatic carbocycles. The number of unbranched alkanes of at least 4 members (excludes halogenated alkanes) is 1. The summed E-state index contributed by atoms with van der Waals surface area (Å²) in [4.78, 5) is 30.5. The van der Waals surface area contributed by atoms with Gasteiger partial charge in [-0.3, -0.25) is 4.79 Å². The highest BCUT2D eigenvalue weighted by molar-refractivity contribution is 9.10. The minimum Gasteiger partial charge on any atom is -0.462 e. The number of ether oxygens (including phenoxy) is 1. The largest absolute Gasteiger partial charge is 0.462 e. The van der Waals surface area contributed by atoms with Crippen molar-refractivity contribution in [2.75, 3.05) is 6.61 Å². The predicted octanol–water partition coefficient (Wildman–Crippen LogP) is 7.31. The molecule has 1 saturated carbocycles. The van der Waals surface area contributed by atoms with Gasteiger partial charge in [-0.05, 0) is 61.7 Å². The van der Waals surface area contributed by atoms with Crippen molar-refractivity contribution in [3.63, 3.8) is 0 Å². The first-order valence-electron chi connectivity index (χ1n) is 13.2. The molecule has 2 aromatic carbocycles. The number of halogens is 1. The molecule has 0 radical (unpaired) electrons. The Bertz CT molecular complexity index is 1520. The zero-order valence-electron chi connectivity index (χ0n) is 21.4. The summed E-state index contributed by atoms with van der Waals surface area (Å²) in [5.41, 5.74) is 1.82. The van der Waals surface area contributed by atoms with E-state index in [1.54, 1.807) is 24.4 Å². The summed E-state index contributed by atoms with van der Waals surface area (Å²) in [5, 5.41) is 5.08. The molecule has 38 heavy (non-hydrogen) atoms. The van der Waals surface area contributed by atoms with E-state index >= 15 is 0 Å². The number of hydrogen-bond acceptors (Lipinski definition) is 6. The van der Waals surface area contributed by atoms with Crippen LogP contribution in [0.15, 0.2) is 73.4 Å². The van der Waals surface area contributed by atoms with E-state index in [4.69, 9.17) is 14.1 Å². The van der Waals surface area contributed by atoms with E-state index in [9.17, 15) is 9.59 Å². The van der Waals surface area contributed by atoms with Crippen LogP contribution in [0.1, 0.15) is 79.7 Å². The van der Waals surface area contributed by atoms with Crippen molar-refractivity contribution < 1.29 is 13.9 Å². The van der Waals surface area contributed by atoms with Gasteiger partial charge in [0.05, 0.1) is 29.3 Å². The Kier molecular flexibility index (Phi) is 8.17. The van der Waals surface area contributed by atoms with Gasteiger partial charge in [0.1, 0.15) is 17.3 Å². The first-order valence-corrected chi connectivity index (χ1v) is 14.0. The van der Waals surface area contributed by atoms with Gasteiger partial charge in [-0.15, -0.1) is 0 Å². The molecule has 0 atom stereocenters. The van der Waals surface area contributed by atoms with E-state index in [1.807, 2.05) is 36.4 Å². The molecule has 2 aromatic heterocycles. The van der Waals surface area contributed by atoms with Crippen molar-refractivity contribution >= 4 is 39.0 Å². The third-order valence-corrected chi connectivity index (χ3v) is 7.36. The highest BCUT2D eigenvalue weighted by Gasteiger charge is 2.22. The van der Waals surface area contributed by atoms with Gasteiger partial charge >= 0.3 is 5.97 Å². The standard InChI is InChI=1S/C30H30BrN3O4/c1-2-3-17-37-30(36)22-11-9-20(10-12-22)27-16-14-24(38-27)19-32-34-28(21-7-5-4-6-8-21)33-26-15-13-23(31)18-25(26)29(34)35/h9-16,18-19,21H,2-8,17H2,1H3. The van der Waals surface area contributed by atoms with Gasteiger partial charge in [-0.1, -0.05) is 60.7 Å². The molecule has 1 fully saturated rings. The molecule has 0 unspecified atom stereocenters. The highest BCUT2D eigenvalue weighted by atomic mass is 79.9. The molecule has 4 aromatic rings. The summed E-state index contributed by atoms with van der Waals surface area (Å²) in [5.74, 6) is 1.72. The second-order valence-corrected chi connectivity index (χ2v) is 10.5. The van der Waals surface area contributed by atoms with Crippen LogP contribution < -0.4 is 5.56 Å². The number of nitrogens with zero attached hydrogens (tertiary/aromatic N) is 3. The molecule has 0 amide bonds. The average Bonchev–Trinajstić information content (AvgIpc) is 3.42. The molecule has 1 aliphatic rings. The molecule has 5 rings (SSSR count). The molecule has 0 bridgehead atoms. The van der Waals surface area contributed by atoms with Crippen LogP contribution in [0, 0.1) is 0 Å². The second kappa shape index (κ2) is 11.9. The molecule has 0 saturated heterocycles. The van der Waals surface area contributed by atoms with E-state index in [1.165, 1.54) is 11.1 Å². The predicted molar refractivity (Wildman–Crippen MR) is 152 cm³/mol. The zero-order valence-corrected chi connectivity index (χ0v) is 22.9. The van der Waals surface area contributed by atoms with Gasteiger partial charge < -0.3 is 9.15 Å². The Balaban J connectivity index is 1.40. The van der Waals surface area contributed by atoms with Crippen LogP contribution in [0.3, 0.4) is 0 Å². The lowest BCUT2D eigenvalue weighted by Crippen LogP contribution is -2.25. The molecule has 7 nitrogen and oxygen atoms in total. The maximum absolute atomic E-state index is 13.5. The maximum atomic E-state index is 13.5. The number of hydrogen-bond donors (Lipinski definition) is 0. The Labute approximate surface area is 229 Å². The van der Waals surface area contributed by atoms with Crippen molar-refractivity contribution in [1.82, 2.24) is 9.66 Å². The van der Waals surface area contributed by atoms with E-state index in [-0.39, 0.29) is 17.4 Å². The van der Waals surface area contributed by atoms with Crippen LogP contribution in [-0.2, 0) is 4.74 Å². The van der Waals surface area contributed by atoms with E-state index in [0.717, 1.165) is 48.6 Å². The highest BCUT2D eigenvalue weighted by Crippen LogP contribution is 2.32. The summed E-state index contributed by atoms with van der Waals surface area (Å²) in [7, 11) is 0. The minimum atomic E-state index is -0.326. The van der Waals surface area contributed by atoms with E-state index in [0.29, 0.717) is 40.4 Å². The van der Waals surface area contributed by atoms with Crippen LogP contribution in [0.2, 0.25) is 0 Å². The lowest BCUT2D eigenvalue weighted by molar-refractivity contribution is 0.0499. The number of carbonyl (C=O) groups excluding carboxylic acids is 1. The SMILES string of the molecule is CCCCOC(=O)c1ccc(-c2ccc(C=Nn3c(C4CCCCC4)nc4ccc(Br)cc4c3=O)o2)cc1. The van der Waals surface area contributed by atoms with Gasteiger partial charge in [0.25, 0.3) is 5.56 Å². The number of furan rings is 1. The van der Waals surface area contributed by atoms with Crippen LogP contribution in [0.5, 0.6) is 0 Å². The lowest BCUT2D eigenvalue weighted by Gasteiger charge is -2.22. The first-order chi connectivity index (χ1) is 18.5. The summed E-state index contributed by atoms with van der Waals surface area (Å²) in [6, 6.07) is 16.3. The molecule has 2 heterocycles. The van der Waals surface area contributed by atoms with Crippen molar-refractivity contribution in [3.8, 4) is 11.3 Å². The van der Waals surface area contributed by atoms with Crippen LogP contribution in [-0.4, -0.2) is 28.5 Å². The Morgan fingerprint density at radius 1 is 1.13 bits per heavy atom. The minimum absolute atomic E-state index is 0.193. The second-order valence-electron chi connectivity index (χ2n) is 9.60. The molecule has 0 aliphatic heterocycles. The average molecular weight is 576 g/mol. The van der Waals surface area contributed by atoms with Crippen molar-refractivity contribution in [1.29, 1.82) is 0 Å². The first kappa shape index (κ1) is 26.1. The quantitative estimate of drug-likeness (QED) is 0.125. The number of esters is 1. The number of aromatic nitrogens is 2. The monoisotopic (exact) mass is 575 g/mol. The summed E-state index contributed by atoms with van der Waals surface area (Å²) in [6.07, 6.45) is 8.83. The van der Waals surface area contributed by atoms with Crippen molar-refractivity contribution in [3.05, 3.63) is 86.6 Å². The molecule has 0 spiro atoms. The van der Waals surface area contributed by atoms with Gasteiger partial charge in [0.2, 0.25) is 0 Å². The Morgan fingerprint density at radius 2 is 1.92 bits per heavy atom. The number of rotatable bonds is 8. The third-order valence-electron chi connectivity index (χ3n) is 6.87. The fraction of sp³-hybridized carbons (Fsp3) is 0.333. The zero-order chi connectivity index (χ0) is 26.5. The van der Waals surface area contributed by atoms with Crippen molar-refractivity contribution in [2.45, 2.75) is 57.8 Å². The van der Waals surface area contributed by atoms with Gasteiger partial charge in [0.15, 0.2) is 0 Å². The Morgan fingerprint density at radius 3 is 2.68 bits per heavy atom. The fourth-order valence-electron chi connectivity index (χ4n) is 4.76. The number of fused-ring (bicyclic) bond motifs is 1. The lowest BCUT2D eigenvalue weighted by atomic mass is 9.88. The van der Waals surface area contributed by atoms with Crippen LogP contribution in [0.4, 0.5) is 0 Å².